The van der Waals surface area contributed by atoms with E-state index in [1.165, 1.54) is 0 Å². The van der Waals surface area contributed by atoms with E-state index in [0.29, 0.717) is 0 Å². The molecule has 5 nitrogen and oxygen atoms in total. The molecule has 0 aliphatic heterocycles. The third-order valence-corrected chi connectivity index (χ3v) is 0.738. The van der Waals surface area contributed by atoms with Gasteiger partial charge in [-0.05, 0) is 0 Å². The van der Waals surface area contributed by atoms with Crippen LogP contribution in [0.15, 0.2) is 0 Å². The molecule has 0 saturated heterocycles. The first-order chi connectivity index (χ1) is 4.04. The van der Waals surface area contributed by atoms with Gasteiger partial charge in [-0.1, -0.05) is 0 Å². The molecule has 0 aromatic carbocycles. The maximum absolute atomic E-state index is 9.99. The number of hydrogen-bond donors (Lipinski definition) is 3. The van der Waals surface area contributed by atoms with Gasteiger partial charge in [0, 0.05) is 0 Å². The average Bonchev–Trinajstić information content (AvgIpc) is 1.63. The molecule has 0 aromatic rings. The molecule has 0 spiro atoms. The van der Waals surface area contributed by atoms with Gasteiger partial charge < -0.3 is 16.6 Å². The normalized spacial score (nSPS) is 11.3. The number of rotatable bonds is 3. The van der Waals surface area contributed by atoms with Gasteiger partial charge in [-0.15, -0.1) is 0 Å². The Balaban J connectivity index is 0. The number of primary amides is 1. The third kappa shape index (κ3) is 5.95. The molecule has 0 saturated carbocycles. The second kappa shape index (κ2) is 5.60. The van der Waals surface area contributed by atoms with Crippen molar-refractivity contribution in [3.63, 3.8) is 0 Å². The van der Waals surface area contributed by atoms with Crippen LogP contribution in [0.4, 0.5) is 0 Å². The molecule has 0 bridgehead atoms. The number of carboxylic acids is 1. The Bertz CT molecular complexity index is 138. The van der Waals surface area contributed by atoms with Crippen LogP contribution in [0.3, 0.4) is 0 Å². The van der Waals surface area contributed by atoms with Crippen molar-refractivity contribution in [3.8, 4) is 0 Å². The molecule has 1 atom stereocenters. The van der Waals surface area contributed by atoms with Gasteiger partial charge in [0.2, 0.25) is 5.91 Å². The number of carboxylic acid groups (broad SMARTS) is 1. The van der Waals surface area contributed by atoms with Crippen LogP contribution in [0, 0.1) is 0 Å². The Hall–Kier alpha value is -0.178. The first-order valence-electron chi connectivity index (χ1n) is 2.30. The van der Waals surface area contributed by atoms with E-state index >= 15 is 0 Å². The van der Waals surface area contributed by atoms with Gasteiger partial charge in [-0.3, -0.25) is 9.59 Å². The van der Waals surface area contributed by atoms with E-state index in [4.69, 9.17) is 10.8 Å². The van der Waals surface area contributed by atoms with Gasteiger partial charge in [-0.25, -0.2) is 0 Å². The van der Waals surface area contributed by atoms with E-state index in [0.717, 1.165) is 0 Å². The summed E-state index contributed by atoms with van der Waals surface area (Å²) in [5, 5.41) is 8.10. The van der Waals surface area contributed by atoms with Crippen LogP contribution in [0.2, 0.25) is 0 Å². The zero-order valence-electron chi connectivity index (χ0n) is 5.41. The van der Waals surface area contributed by atoms with Crippen molar-refractivity contribution in [2.45, 2.75) is 12.5 Å². The number of nitrogens with two attached hydrogens (primary N) is 2. The monoisotopic (exact) mass is 342 g/mol. The molecule has 6 heteroatoms. The average molecular weight is 341 g/mol. The van der Waals surface area contributed by atoms with Gasteiger partial charge in [0.15, 0.2) is 0 Å². The summed E-state index contributed by atoms with van der Waals surface area (Å²) >= 11 is 0. The van der Waals surface area contributed by atoms with Gasteiger partial charge in [-0.2, -0.15) is 0 Å². The molecule has 1 amide bonds. The molecular formula is C4H10N2O3Pb. The third-order valence-electron chi connectivity index (χ3n) is 0.738. The molecule has 2 radical (unpaired) electrons. The fourth-order valence-electron chi connectivity index (χ4n) is 0.304. The molecule has 0 unspecified atom stereocenters. The fourth-order valence-corrected chi connectivity index (χ4v) is 0.304. The molecule has 58 valence electrons. The Morgan fingerprint density at radius 3 is 2.00 bits per heavy atom. The van der Waals surface area contributed by atoms with E-state index in [-0.39, 0.29) is 33.7 Å². The van der Waals surface area contributed by atoms with Crippen molar-refractivity contribution >= 4 is 39.2 Å². The predicted molar refractivity (Wildman–Crippen MR) is 38.0 cm³/mol. The Kier molecular flexibility index (Phi) is 6.99. The van der Waals surface area contributed by atoms with E-state index in [9.17, 15) is 9.59 Å². The van der Waals surface area contributed by atoms with Crippen LogP contribution >= 0.6 is 0 Å². The topological polar surface area (TPSA) is 106 Å². The number of hydrogen-bond acceptors (Lipinski definition) is 3. The van der Waals surface area contributed by atoms with Crippen LogP contribution in [0.1, 0.15) is 6.42 Å². The van der Waals surface area contributed by atoms with E-state index in [2.05, 4.69) is 5.73 Å². The summed E-state index contributed by atoms with van der Waals surface area (Å²) in [5.41, 5.74) is 9.57. The molecule has 0 fully saturated rings. The first kappa shape index (κ1) is 12.5. The van der Waals surface area contributed by atoms with Crippen molar-refractivity contribution in [1.82, 2.24) is 0 Å². The van der Waals surface area contributed by atoms with Crippen LogP contribution in [-0.2, 0) is 9.59 Å². The molecule has 0 heterocycles. The summed E-state index contributed by atoms with van der Waals surface area (Å²) in [6.45, 7) is 0. The van der Waals surface area contributed by atoms with E-state index in [1.807, 2.05) is 0 Å². The zero-order chi connectivity index (χ0) is 7.44. The molecule has 0 rings (SSSR count). The van der Waals surface area contributed by atoms with E-state index < -0.39 is 17.9 Å². The summed E-state index contributed by atoms with van der Waals surface area (Å²) in [6.07, 6.45) is -0.310. The van der Waals surface area contributed by atoms with Crippen molar-refractivity contribution in [3.05, 3.63) is 0 Å². The van der Waals surface area contributed by atoms with Gasteiger partial charge in [0.05, 0.1) is 6.42 Å². The molecule has 5 N–H and O–H groups in total. The van der Waals surface area contributed by atoms with Crippen LogP contribution in [-0.4, -0.2) is 50.3 Å². The van der Waals surface area contributed by atoms with Gasteiger partial charge in [0.25, 0.3) is 0 Å². The molecule has 0 aromatic heterocycles. The van der Waals surface area contributed by atoms with Gasteiger partial charge in [0.1, 0.15) is 6.04 Å². The standard InChI is InChI=1S/C4H8N2O3.Pb.2H/c5-2(4(8)9)1-3(6)7;;;/h2H,1,5H2,(H2,6,7)(H,8,9);;;/t2-;;;/m0.../s1. The number of aliphatic carboxylic acids is 1. The number of carbonyl (C=O) groups excluding carboxylic acids is 1. The Morgan fingerprint density at radius 1 is 1.50 bits per heavy atom. The molecule has 0 aliphatic carbocycles. The molecular weight excluding hydrogens is 331 g/mol. The summed E-state index contributed by atoms with van der Waals surface area (Å²) < 4.78 is 0. The number of carbonyl (C=O) groups is 2. The SMILES string of the molecule is NC(=O)C[C@H](N)C(=O)O.[PbH2]. The summed E-state index contributed by atoms with van der Waals surface area (Å²) in [6, 6.07) is -1.16. The second-order valence-corrected chi connectivity index (χ2v) is 1.62. The minimum absolute atomic E-state index is 0. The second-order valence-electron chi connectivity index (χ2n) is 1.62. The van der Waals surface area contributed by atoms with Crippen LogP contribution in [0.25, 0.3) is 0 Å². The minimum atomic E-state index is -1.21. The predicted octanol–water partition coefficient (Wildman–Crippen LogP) is -2.64. The summed E-state index contributed by atoms with van der Waals surface area (Å²) in [4.78, 5) is 19.9. The van der Waals surface area contributed by atoms with Crippen LogP contribution < -0.4 is 11.5 Å². The fraction of sp³-hybridized carbons (Fsp3) is 0.500. The molecule has 10 heavy (non-hydrogen) atoms. The van der Waals surface area contributed by atoms with Crippen LogP contribution in [0.5, 0.6) is 0 Å². The Morgan fingerprint density at radius 2 is 1.90 bits per heavy atom. The Labute approximate surface area is 77.9 Å². The van der Waals surface area contributed by atoms with Crippen molar-refractivity contribution in [1.29, 1.82) is 0 Å². The summed E-state index contributed by atoms with van der Waals surface area (Å²) in [5.74, 6) is -1.92. The molecule has 0 aliphatic rings. The zero-order valence-corrected chi connectivity index (χ0v) is 10.9. The summed E-state index contributed by atoms with van der Waals surface area (Å²) in [7, 11) is 0. The first-order valence-corrected chi connectivity index (χ1v) is 2.30. The number of amides is 1. The van der Waals surface area contributed by atoms with Crippen molar-refractivity contribution in [2.75, 3.05) is 0 Å². The van der Waals surface area contributed by atoms with Gasteiger partial charge >= 0.3 is 33.3 Å². The van der Waals surface area contributed by atoms with Crippen molar-refractivity contribution < 1.29 is 14.7 Å². The van der Waals surface area contributed by atoms with Crippen molar-refractivity contribution in [2.24, 2.45) is 11.5 Å². The van der Waals surface area contributed by atoms with E-state index in [1.54, 1.807) is 0 Å². The quantitative estimate of drug-likeness (QED) is 0.488. The maximum atomic E-state index is 9.99.